The lowest BCUT2D eigenvalue weighted by Crippen LogP contribution is -2.42. The zero-order valence-corrected chi connectivity index (χ0v) is 19.0. The predicted molar refractivity (Wildman–Crippen MR) is 121 cm³/mol. The number of hydrogen-bond acceptors (Lipinski definition) is 3. The fraction of sp³-hybridized carbons (Fsp3) is 0.650. The second-order valence-corrected chi connectivity index (χ2v) is 6.95. The minimum Gasteiger partial charge on any atom is -0.490 e. The first-order valence-electron chi connectivity index (χ1n) is 9.57. The number of guanidine groups is 1. The number of nitrogens with zero attached hydrogens (tertiary/aromatic N) is 2. The van der Waals surface area contributed by atoms with Crippen LogP contribution in [0.3, 0.4) is 0 Å². The van der Waals surface area contributed by atoms with Gasteiger partial charge in [-0.25, -0.2) is 4.99 Å². The highest BCUT2D eigenvalue weighted by atomic mass is 127. The molecule has 0 spiro atoms. The molecule has 1 fully saturated rings. The van der Waals surface area contributed by atoms with E-state index in [1.807, 2.05) is 0 Å². The molecule has 6 heteroatoms. The van der Waals surface area contributed by atoms with Gasteiger partial charge in [0.2, 0.25) is 0 Å². The van der Waals surface area contributed by atoms with Crippen LogP contribution < -0.4 is 15.8 Å². The Morgan fingerprint density at radius 2 is 2.19 bits per heavy atom. The Morgan fingerprint density at radius 3 is 2.88 bits per heavy atom. The van der Waals surface area contributed by atoms with Crippen molar-refractivity contribution >= 4 is 29.9 Å². The Morgan fingerprint density at radius 1 is 1.42 bits per heavy atom. The molecule has 148 valence electrons. The first-order valence-corrected chi connectivity index (χ1v) is 9.57. The molecule has 1 aliphatic rings. The molecule has 2 unspecified atom stereocenters. The first kappa shape index (κ1) is 23.0. The van der Waals surface area contributed by atoms with Gasteiger partial charge >= 0.3 is 0 Å². The molecular formula is C20H35IN4O. The zero-order chi connectivity index (χ0) is 18.2. The summed E-state index contributed by atoms with van der Waals surface area (Å²) in [4.78, 5) is 7.01. The van der Waals surface area contributed by atoms with Gasteiger partial charge in [-0.15, -0.1) is 24.0 Å². The number of rotatable bonds is 8. The van der Waals surface area contributed by atoms with Crippen LogP contribution in [-0.4, -0.2) is 42.6 Å². The number of hydrogen-bond donors (Lipinski definition) is 2. The largest absolute Gasteiger partial charge is 0.490 e. The second-order valence-electron chi connectivity index (χ2n) is 6.95. The number of aliphatic imine (C=N–C) groups is 1. The summed E-state index contributed by atoms with van der Waals surface area (Å²) in [6, 6.07) is 6.83. The standard InChI is InChI=1S/C20H34N4O.HI/c1-5-16(4)25-19-12-15(3)9-10-17(19)13-22-20(21)23-14-18-8-7-11-24(18)6-2;/h9-10,12,16,18H,5-8,11,13-14H2,1-4H3,(H3,21,22,23);1H. The summed E-state index contributed by atoms with van der Waals surface area (Å²) >= 11 is 0. The lowest BCUT2D eigenvalue weighted by Gasteiger charge is -2.23. The maximum atomic E-state index is 6.07. The van der Waals surface area contributed by atoms with Gasteiger partial charge in [0.15, 0.2) is 5.96 Å². The summed E-state index contributed by atoms with van der Waals surface area (Å²) in [7, 11) is 0. The summed E-state index contributed by atoms with van der Waals surface area (Å²) in [5, 5.41) is 3.29. The van der Waals surface area contributed by atoms with Crippen molar-refractivity contribution in [3.05, 3.63) is 29.3 Å². The van der Waals surface area contributed by atoms with E-state index >= 15 is 0 Å². The quantitative estimate of drug-likeness (QED) is 0.343. The molecule has 0 radical (unpaired) electrons. The lowest BCUT2D eigenvalue weighted by molar-refractivity contribution is 0.215. The number of ether oxygens (including phenoxy) is 1. The Bertz CT molecular complexity index is 579. The van der Waals surface area contributed by atoms with Gasteiger partial charge in [-0.05, 0) is 57.8 Å². The van der Waals surface area contributed by atoms with Crippen molar-refractivity contribution in [1.82, 2.24) is 10.2 Å². The topological polar surface area (TPSA) is 62.9 Å². The Labute approximate surface area is 175 Å². The molecule has 0 aromatic heterocycles. The monoisotopic (exact) mass is 474 g/mol. The third-order valence-corrected chi connectivity index (χ3v) is 4.97. The van der Waals surface area contributed by atoms with E-state index in [9.17, 15) is 0 Å². The minimum atomic E-state index is 0. The molecule has 5 nitrogen and oxygen atoms in total. The van der Waals surface area contributed by atoms with Crippen LogP contribution >= 0.6 is 24.0 Å². The highest BCUT2D eigenvalue weighted by molar-refractivity contribution is 14.0. The fourth-order valence-electron chi connectivity index (χ4n) is 3.19. The molecule has 26 heavy (non-hydrogen) atoms. The van der Waals surface area contributed by atoms with Crippen molar-refractivity contribution in [2.24, 2.45) is 10.7 Å². The normalized spacial score (nSPS) is 19.1. The molecule has 0 aliphatic carbocycles. The van der Waals surface area contributed by atoms with Crippen LogP contribution in [0, 0.1) is 6.92 Å². The third kappa shape index (κ3) is 6.95. The van der Waals surface area contributed by atoms with Crippen molar-refractivity contribution in [1.29, 1.82) is 0 Å². The highest BCUT2D eigenvalue weighted by Crippen LogP contribution is 2.23. The molecule has 3 N–H and O–H groups in total. The molecule has 0 saturated carbocycles. The van der Waals surface area contributed by atoms with Gasteiger partial charge in [-0.3, -0.25) is 4.90 Å². The summed E-state index contributed by atoms with van der Waals surface area (Å²) in [6.45, 7) is 12.2. The molecule has 0 bridgehead atoms. The van der Waals surface area contributed by atoms with Crippen LogP contribution in [-0.2, 0) is 6.54 Å². The predicted octanol–water partition coefficient (Wildman–Crippen LogP) is 3.68. The van der Waals surface area contributed by atoms with Crippen molar-refractivity contribution in [3.8, 4) is 5.75 Å². The van der Waals surface area contributed by atoms with Gasteiger partial charge in [0.05, 0.1) is 12.6 Å². The van der Waals surface area contributed by atoms with E-state index in [4.69, 9.17) is 10.5 Å². The van der Waals surface area contributed by atoms with E-state index in [1.165, 1.54) is 24.9 Å². The van der Waals surface area contributed by atoms with Gasteiger partial charge in [0.25, 0.3) is 0 Å². The minimum absolute atomic E-state index is 0. The van der Waals surface area contributed by atoms with Crippen LogP contribution in [0.15, 0.2) is 23.2 Å². The number of likely N-dealkylation sites (N-methyl/N-ethyl adjacent to an activating group) is 1. The number of halogens is 1. The molecule has 1 heterocycles. The Balaban J connectivity index is 0.00000338. The highest BCUT2D eigenvalue weighted by Gasteiger charge is 2.22. The second kappa shape index (κ2) is 11.6. The van der Waals surface area contributed by atoms with Crippen molar-refractivity contribution < 1.29 is 4.74 Å². The average Bonchev–Trinajstić information content (AvgIpc) is 3.06. The SMILES string of the molecule is CCC(C)Oc1cc(C)ccc1CN=C(N)NCC1CCCN1CC.I. The summed E-state index contributed by atoms with van der Waals surface area (Å²) in [6.07, 6.45) is 3.69. The number of aryl methyl sites for hydroxylation is 1. The summed E-state index contributed by atoms with van der Waals surface area (Å²) < 4.78 is 6.04. The molecule has 1 saturated heterocycles. The van der Waals surface area contributed by atoms with Crippen molar-refractivity contribution in [2.75, 3.05) is 19.6 Å². The van der Waals surface area contributed by atoms with Gasteiger partial charge < -0.3 is 15.8 Å². The van der Waals surface area contributed by atoms with Crippen molar-refractivity contribution in [2.45, 2.75) is 65.6 Å². The van der Waals surface area contributed by atoms with Crippen LogP contribution in [0.1, 0.15) is 51.2 Å². The smallest absolute Gasteiger partial charge is 0.188 e. The van der Waals surface area contributed by atoms with Crippen LogP contribution in [0.4, 0.5) is 0 Å². The van der Waals surface area contributed by atoms with Gasteiger partial charge in [-0.2, -0.15) is 0 Å². The molecule has 0 amide bonds. The average molecular weight is 474 g/mol. The molecule has 2 atom stereocenters. The number of likely N-dealkylation sites (tertiary alicyclic amines) is 1. The molecule has 2 rings (SSSR count). The maximum absolute atomic E-state index is 6.07. The lowest BCUT2D eigenvalue weighted by atomic mass is 10.1. The van der Waals surface area contributed by atoms with E-state index in [1.54, 1.807) is 0 Å². The van der Waals surface area contributed by atoms with Gasteiger partial charge in [0.1, 0.15) is 5.75 Å². The van der Waals surface area contributed by atoms with Crippen LogP contribution in [0.25, 0.3) is 0 Å². The maximum Gasteiger partial charge on any atom is 0.188 e. The van der Waals surface area contributed by atoms with E-state index in [2.05, 4.69) is 61.1 Å². The van der Waals surface area contributed by atoms with Crippen molar-refractivity contribution in [3.63, 3.8) is 0 Å². The van der Waals surface area contributed by atoms with E-state index in [0.717, 1.165) is 30.8 Å². The molecule has 1 aliphatic heterocycles. The fourth-order valence-corrected chi connectivity index (χ4v) is 3.19. The molecule has 1 aromatic carbocycles. The third-order valence-electron chi connectivity index (χ3n) is 4.97. The van der Waals surface area contributed by atoms with Crippen LogP contribution in [0.2, 0.25) is 0 Å². The van der Waals surface area contributed by atoms with E-state index in [0.29, 0.717) is 18.5 Å². The van der Waals surface area contributed by atoms with E-state index in [-0.39, 0.29) is 30.1 Å². The molecule has 1 aromatic rings. The molecular weight excluding hydrogens is 439 g/mol. The zero-order valence-electron chi connectivity index (χ0n) is 16.6. The number of nitrogens with two attached hydrogens (primary N) is 1. The van der Waals surface area contributed by atoms with E-state index < -0.39 is 0 Å². The first-order chi connectivity index (χ1) is 12.0. The number of nitrogens with one attached hydrogen (secondary N) is 1. The number of benzene rings is 1. The summed E-state index contributed by atoms with van der Waals surface area (Å²) in [5.41, 5.74) is 8.34. The van der Waals surface area contributed by atoms with Gasteiger partial charge in [0, 0.05) is 18.2 Å². The summed E-state index contributed by atoms with van der Waals surface area (Å²) in [5.74, 6) is 1.43. The van der Waals surface area contributed by atoms with Gasteiger partial charge in [-0.1, -0.05) is 26.0 Å². The Hall–Kier alpha value is -1.02. The Kier molecular flexibility index (Phi) is 10.3. The van der Waals surface area contributed by atoms with Crippen LogP contribution in [0.5, 0.6) is 5.75 Å².